The predicted molar refractivity (Wildman–Crippen MR) is 71.8 cm³/mol. The first-order chi connectivity index (χ1) is 7.56. The van der Waals surface area contributed by atoms with Crippen LogP contribution in [0.25, 0.3) is 0 Å². The maximum absolute atomic E-state index is 3.69. The van der Waals surface area contributed by atoms with Gasteiger partial charge in [-0.05, 0) is 45.6 Å². The van der Waals surface area contributed by atoms with Crippen LogP contribution in [0.1, 0.15) is 53.9 Å². The van der Waals surface area contributed by atoms with E-state index in [1.807, 2.05) is 0 Å². The number of hydrogen-bond donors (Lipinski definition) is 1. The second-order valence-electron chi connectivity index (χ2n) is 5.83. The number of hydrogen-bond acceptors (Lipinski definition) is 2. The SMILES string of the molecule is CCCN(C(C)C)C(CNC1CC1)C(C)C. The van der Waals surface area contributed by atoms with Crippen molar-refractivity contribution >= 4 is 0 Å². The van der Waals surface area contributed by atoms with Gasteiger partial charge in [0.15, 0.2) is 0 Å². The van der Waals surface area contributed by atoms with Crippen molar-refractivity contribution in [3.8, 4) is 0 Å². The highest BCUT2D eigenvalue weighted by atomic mass is 15.2. The van der Waals surface area contributed by atoms with Crippen LogP contribution >= 0.6 is 0 Å². The summed E-state index contributed by atoms with van der Waals surface area (Å²) < 4.78 is 0. The van der Waals surface area contributed by atoms with Crippen LogP contribution < -0.4 is 5.32 Å². The zero-order valence-electron chi connectivity index (χ0n) is 11.8. The maximum Gasteiger partial charge on any atom is 0.0246 e. The molecular formula is C14H30N2. The summed E-state index contributed by atoms with van der Waals surface area (Å²) in [6.45, 7) is 14.0. The molecule has 0 bridgehead atoms. The van der Waals surface area contributed by atoms with Gasteiger partial charge in [-0.1, -0.05) is 20.8 Å². The van der Waals surface area contributed by atoms with Gasteiger partial charge >= 0.3 is 0 Å². The molecule has 2 nitrogen and oxygen atoms in total. The lowest BCUT2D eigenvalue weighted by Gasteiger charge is -2.37. The van der Waals surface area contributed by atoms with Crippen LogP contribution in [0.2, 0.25) is 0 Å². The first-order valence-corrected chi connectivity index (χ1v) is 7.05. The first-order valence-electron chi connectivity index (χ1n) is 7.05. The fourth-order valence-electron chi connectivity index (χ4n) is 2.38. The Balaban J connectivity index is 2.48. The van der Waals surface area contributed by atoms with E-state index in [4.69, 9.17) is 0 Å². The Labute approximate surface area is 102 Å². The molecule has 1 saturated carbocycles. The topological polar surface area (TPSA) is 15.3 Å². The van der Waals surface area contributed by atoms with Crippen molar-refractivity contribution in [1.82, 2.24) is 10.2 Å². The zero-order chi connectivity index (χ0) is 12.1. The first kappa shape index (κ1) is 14.0. The third kappa shape index (κ3) is 4.42. The van der Waals surface area contributed by atoms with Crippen molar-refractivity contribution < 1.29 is 0 Å². The summed E-state index contributed by atoms with van der Waals surface area (Å²) in [7, 11) is 0. The van der Waals surface area contributed by atoms with Gasteiger partial charge in [-0.2, -0.15) is 0 Å². The molecule has 96 valence electrons. The minimum absolute atomic E-state index is 0.661. The molecule has 1 N–H and O–H groups in total. The third-order valence-corrected chi connectivity index (χ3v) is 3.53. The fourth-order valence-corrected chi connectivity index (χ4v) is 2.38. The van der Waals surface area contributed by atoms with E-state index in [1.54, 1.807) is 0 Å². The molecule has 0 radical (unpaired) electrons. The number of nitrogens with zero attached hydrogens (tertiary/aromatic N) is 1. The van der Waals surface area contributed by atoms with Crippen molar-refractivity contribution in [2.24, 2.45) is 5.92 Å². The molecule has 0 heterocycles. The Morgan fingerprint density at radius 1 is 1.19 bits per heavy atom. The Morgan fingerprint density at radius 3 is 2.19 bits per heavy atom. The van der Waals surface area contributed by atoms with Gasteiger partial charge in [-0.15, -0.1) is 0 Å². The molecule has 1 unspecified atom stereocenters. The molecule has 0 amide bonds. The van der Waals surface area contributed by atoms with Gasteiger partial charge < -0.3 is 5.32 Å². The standard InChI is InChI=1S/C14H30N2/c1-6-9-16(12(4)5)14(11(2)3)10-15-13-7-8-13/h11-15H,6-10H2,1-5H3. The molecule has 0 saturated heterocycles. The van der Waals surface area contributed by atoms with Crippen molar-refractivity contribution in [3.05, 3.63) is 0 Å². The van der Waals surface area contributed by atoms with Crippen LogP contribution in [0.4, 0.5) is 0 Å². The van der Waals surface area contributed by atoms with Gasteiger partial charge in [0.1, 0.15) is 0 Å². The minimum Gasteiger partial charge on any atom is -0.312 e. The average Bonchev–Trinajstić information content (AvgIpc) is 2.99. The van der Waals surface area contributed by atoms with Gasteiger partial charge in [0, 0.05) is 24.7 Å². The second-order valence-corrected chi connectivity index (χ2v) is 5.83. The van der Waals surface area contributed by atoms with Crippen molar-refractivity contribution in [3.63, 3.8) is 0 Å². The smallest absolute Gasteiger partial charge is 0.0246 e. The Morgan fingerprint density at radius 2 is 1.81 bits per heavy atom. The monoisotopic (exact) mass is 226 g/mol. The average molecular weight is 226 g/mol. The molecule has 1 atom stereocenters. The Bertz CT molecular complexity index is 185. The van der Waals surface area contributed by atoms with E-state index < -0.39 is 0 Å². The molecule has 1 fully saturated rings. The summed E-state index contributed by atoms with van der Waals surface area (Å²) in [5.74, 6) is 0.736. The van der Waals surface area contributed by atoms with E-state index in [0.717, 1.165) is 12.0 Å². The summed E-state index contributed by atoms with van der Waals surface area (Å²) in [6, 6.07) is 2.19. The molecule has 1 aliphatic carbocycles. The minimum atomic E-state index is 0.661. The zero-order valence-corrected chi connectivity index (χ0v) is 11.8. The van der Waals surface area contributed by atoms with Crippen molar-refractivity contribution in [1.29, 1.82) is 0 Å². The van der Waals surface area contributed by atoms with Crippen LogP contribution in [0.3, 0.4) is 0 Å². The summed E-state index contributed by atoms with van der Waals surface area (Å²) in [5, 5.41) is 3.69. The molecule has 0 aliphatic heterocycles. The third-order valence-electron chi connectivity index (χ3n) is 3.53. The lowest BCUT2D eigenvalue weighted by Crippen LogP contribution is -2.49. The predicted octanol–water partition coefficient (Wildman–Crippen LogP) is 2.88. The Kier molecular flexibility index (Phi) is 5.77. The van der Waals surface area contributed by atoms with Crippen LogP contribution in [0.5, 0.6) is 0 Å². The van der Waals surface area contributed by atoms with E-state index in [1.165, 1.54) is 32.4 Å². The summed E-state index contributed by atoms with van der Waals surface area (Å²) in [4.78, 5) is 2.67. The maximum atomic E-state index is 3.69. The van der Waals surface area contributed by atoms with Crippen molar-refractivity contribution in [2.75, 3.05) is 13.1 Å². The summed E-state index contributed by atoms with van der Waals surface area (Å²) >= 11 is 0. The van der Waals surface area contributed by atoms with Gasteiger partial charge in [-0.3, -0.25) is 4.90 Å². The van der Waals surface area contributed by atoms with Gasteiger partial charge in [0.05, 0.1) is 0 Å². The van der Waals surface area contributed by atoms with Crippen LogP contribution in [0, 0.1) is 5.92 Å². The molecular weight excluding hydrogens is 196 g/mol. The van der Waals surface area contributed by atoms with E-state index in [2.05, 4.69) is 44.8 Å². The Hall–Kier alpha value is -0.0800. The lowest BCUT2D eigenvalue weighted by atomic mass is 10.0. The highest BCUT2D eigenvalue weighted by Gasteiger charge is 2.27. The molecule has 0 aromatic rings. The largest absolute Gasteiger partial charge is 0.312 e. The number of rotatable bonds is 8. The molecule has 16 heavy (non-hydrogen) atoms. The summed E-state index contributed by atoms with van der Waals surface area (Å²) in [5.41, 5.74) is 0. The molecule has 0 spiro atoms. The van der Waals surface area contributed by atoms with Crippen molar-refractivity contribution in [2.45, 2.75) is 72.0 Å². The van der Waals surface area contributed by atoms with E-state index in [9.17, 15) is 0 Å². The lowest BCUT2D eigenvalue weighted by molar-refractivity contribution is 0.115. The molecule has 0 aromatic heterocycles. The normalized spacial score (nSPS) is 18.8. The van der Waals surface area contributed by atoms with Crippen LogP contribution in [0.15, 0.2) is 0 Å². The van der Waals surface area contributed by atoms with E-state index >= 15 is 0 Å². The fraction of sp³-hybridized carbons (Fsp3) is 1.00. The highest BCUT2D eigenvalue weighted by Crippen LogP contribution is 2.20. The summed E-state index contributed by atoms with van der Waals surface area (Å²) in [6.07, 6.45) is 4.03. The second kappa shape index (κ2) is 6.61. The molecule has 1 rings (SSSR count). The number of nitrogens with one attached hydrogen (secondary N) is 1. The van der Waals surface area contributed by atoms with Gasteiger partial charge in [0.2, 0.25) is 0 Å². The van der Waals surface area contributed by atoms with E-state index in [0.29, 0.717) is 12.1 Å². The molecule has 2 heteroatoms. The van der Waals surface area contributed by atoms with Crippen LogP contribution in [-0.2, 0) is 0 Å². The molecule has 1 aliphatic rings. The van der Waals surface area contributed by atoms with Gasteiger partial charge in [0.25, 0.3) is 0 Å². The van der Waals surface area contributed by atoms with Crippen LogP contribution in [-0.4, -0.2) is 36.1 Å². The quantitative estimate of drug-likeness (QED) is 0.684. The highest BCUT2D eigenvalue weighted by molar-refractivity contribution is 4.86. The van der Waals surface area contributed by atoms with Gasteiger partial charge in [-0.25, -0.2) is 0 Å². The van der Waals surface area contributed by atoms with E-state index in [-0.39, 0.29) is 0 Å². The molecule has 0 aromatic carbocycles.